The molecule has 0 saturated carbocycles. The van der Waals surface area contributed by atoms with E-state index >= 15 is 0 Å². The van der Waals surface area contributed by atoms with Crippen molar-refractivity contribution >= 4 is 38.9 Å². The molecule has 1 aromatic heterocycles. The van der Waals surface area contributed by atoms with Gasteiger partial charge in [0, 0.05) is 10.5 Å². The zero-order chi connectivity index (χ0) is 15.4. The lowest BCUT2D eigenvalue weighted by atomic mass is 10.2. The molecule has 1 aromatic carbocycles. The summed E-state index contributed by atoms with van der Waals surface area (Å²) in [5.74, 6) is -0.238. The Morgan fingerprint density at radius 2 is 2.29 bits per heavy atom. The highest BCUT2D eigenvalue weighted by Crippen LogP contribution is 2.15. The number of carbonyl (C=O) groups is 1. The monoisotopic (exact) mass is 354 g/mol. The first-order valence-corrected chi connectivity index (χ1v) is 7.24. The molecule has 0 spiro atoms. The number of rotatable bonds is 5. The second-order valence-corrected chi connectivity index (χ2v) is 5.61. The van der Waals surface area contributed by atoms with Crippen LogP contribution >= 0.6 is 15.9 Å². The number of nitrogens with one attached hydrogen (secondary N) is 1. The summed E-state index contributed by atoms with van der Waals surface area (Å²) in [6, 6.07) is 5.12. The zero-order valence-electron chi connectivity index (χ0n) is 11.7. The topological polar surface area (TPSA) is 91.0 Å². The van der Waals surface area contributed by atoms with Gasteiger partial charge in [-0.3, -0.25) is 4.79 Å². The van der Waals surface area contributed by atoms with Crippen molar-refractivity contribution < 1.29 is 14.4 Å². The highest BCUT2D eigenvalue weighted by Gasteiger charge is 2.11. The number of esters is 1. The Morgan fingerprint density at radius 3 is 3.00 bits per heavy atom. The average Bonchev–Trinajstić information content (AvgIpc) is 2.42. The van der Waals surface area contributed by atoms with Crippen molar-refractivity contribution in [1.29, 1.82) is 0 Å². The van der Waals surface area contributed by atoms with E-state index in [2.05, 4.69) is 31.3 Å². The van der Waals surface area contributed by atoms with Crippen LogP contribution in [0.4, 0.5) is 5.95 Å². The molecule has 0 saturated heterocycles. The van der Waals surface area contributed by atoms with Crippen LogP contribution in [0.1, 0.15) is 13.8 Å². The van der Waals surface area contributed by atoms with Crippen molar-refractivity contribution in [3.63, 3.8) is 0 Å². The number of hydrogen-bond acceptors (Lipinski definition) is 6. The number of halogens is 1. The number of aromatic nitrogens is 3. The molecule has 0 aliphatic heterocycles. The Balaban J connectivity index is 2.01. The summed E-state index contributed by atoms with van der Waals surface area (Å²) in [5, 5.41) is 18.4. The molecule has 0 aliphatic rings. The van der Waals surface area contributed by atoms with Crippen LogP contribution in [0.15, 0.2) is 22.7 Å². The minimum atomic E-state index is -0.265. The third-order valence-electron chi connectivity index (χ3n) is 2.66. The molecule has 0 aliphatic carbocycles. The van der Waals surface area contributed by atoms with E-state index in [1.165, 1.54) is 0 Å². The SMILES string of the molecule is CC(C)C(=O)OCCNc1nc2cc(Br)ccc2[n+]([O-])n1. The van der Waals surface area contributed by atoms with Gasteiger partial charge in [-0.05, 0) is 17.0 Å². The second-order valence-electron chi connectivity index (χ2n) is 4.69. The third kappa shape index (κ3) is 4.01. The molecule has 8 heteroatoms. The molecule has 0 unspecified atom stereocenters. The molecule has 0 radical (unpaired) electrons. The average molecular weight is 355 g/mol. The highest BCUT2D eigenvalue weighted by molar-refractivity contribution is 9.10. The Labute approximate surface area is 130 Å². The summed E-state index contributed by atoms with van der Waals surface area (Å²) in [4.78, 5) is 16.0. The van der Waals surface area contributed by atoms with Crippen molar-refractivity contribution in [3.8, 4) is 0 Å². The zero-order valence-corrected chi connectivity index (χ0v) is 13.3. The fourth-order valence-electron chi connectivity index (χ4n) is 1.58. The molecule has 0 amide bonds. The van der Waals surface area contributed by atoms with E-state index in [-0.39, 0.29) is 24.4 Å². The van der Waals surface area contributed by atoms with Crippen LogP contribution in [0, 0.1) is 11.1 Å². The first kappa shape index (κ1) is 15.4. The minimum Gasteiger partial charge on any atom is -0.594 e. The summed E-state index contributed by atoms with van der Waals surface area (Å²) in [7, 11) is 0. The summed E-state index contributed by atoms with van der Waals surface area (Å²) in [6.07, 6.45) is 0. The maximum atomic E-state index is 11.8. The predicted octanol–water partition coefficient (Wildman–Crippen LogP) is 1.64. The summed E-state index contributed by atoms with van der Waals surface area (Å²) >= 11 is 3.33. The molecule has 2 rings (SSSR count). The van der Waals surface area contributed by atoms with Gasteiger partial charge >= 0.3 is 5.97 Å². The summed E-state index contributed by atoms with van der Waals surface area (Å²) in [5.41, 5.74) is 0.908. The standard InChI is InChI=1S/C13H15BrN4O3/c1-8(2)12(19)21-6-5-15-13-16-10-7-9(14)3-4-11(10)18(20)17-13/h3-4,7-8H,5-6H2,1-2H3,(H,15,16,17). The van der Waals surface area contributed by atoms with Crippen molar-refractivity contribution in [2.24, 2.45) is 5.92 Å². The fraction of sp³-hybridized carbons (Fsp3) is 0.385. The Hall–Kier alpha value is -1.96. The smallest absolute Gasteiger partial charge is 0.308 e. The molecule has 7 nitrogen and oxygen atoms in total. The van der Waals surface area contributed by atoms with Gasteiger partial charge in [-0.2, -0.15) is 0 Å². The first-order valence-electron chi connectivity index (χ1n) is 6.45. The second kappa shape index (κ2) is 6.66. The molecule has 0 fully saturated rings. The van der Waals surface area contributed by atoms with Gasteiger partial charge in [0.05, 0.1) is 17.6 Å². The van der Waals surface area contributed by atoms with E-state index in [1.807, 2.05) is 0 Å². The van der Waals surface area contributed by atoms with Crippen LogP contribution < -0.4 is 10.2 Å². The minimum absolute atomic E-state index is 0.164. The maximum absolute atomic E-state index is 11.8. The van der Waals surface area contributed by atoms with E-state index < -0.39 is 0 Å². The van der Waals surface area contributed by atoms with Crippen LogP contribution in [0.5, 0.6) is 0 Å². The van der Waals surface area contributed by atoms with Crippen LogP contribution in [0.2, 0.25) is 0 Å². The third-order valence-corrected chi connectivity index (χ3v) is 3.15. The number of benzene rings is 1. The van der Waals surface area contributed by atoms with E-state index in [0.717, 1.165) is 4.47 Å². The first-order chi connectivity index (χ1) is 9.97. The highest BCUT2D eigenvalue weighted by atomic mass is 79.9. The van der Waals surface area contributed by atoms with Gasteiger partial charge in [0.2, 0.25) is 0 Å². The number of fused-ring (bicyclic) bond motifs is 1. The van der Waals surface area contributed by atoms with E-state index in [0.29, 0.717) is 22.4 Å². The number of carbonyl (C=O) groups excluding carboxylic acids is 1. The van der Waals surface area contributed by atoms with Crippen LogP contribution in [0.25, 0.3) is 11.0 Å². The van der Waals surface area contributed by atoms with Gasteiger partial charge in [-0.15, -0.1) is 0 Å². The van der Waals surface area contributed by atoms with E-state index in [4.69, 9.17) is 4.74 Å². The Morgan fingerprint density at radius 1 is 1.52 bits per heavy atom. The van der Waals surface area contributed by atoms with Crippen LogP contribution in [0.3, 0.4) is 0 Å². The molecule has 0 atom stereocenters. The van der Waals surface area contributed by atoms with Crippen LogP contribution in [-0.2, 0) is 9.53 Å². The van der Waals surface area contributed by atoms with Gasteiger partial charge in [0.1, 0.15) is 12.1 Å². The normalized spacial score (nSPS) is 10.9. The van der Waals surface area contributed by atoms with Crippen molar-refractivity contribution in [3.05, 3.63) is 27.9 Å². The molecule has 0 bridgehead atoms. The van der Waals surface area contributed by atoms with Crippen molar-refractivity contribution in [2.45, 2.75) is 13.8 Å². The van der Waals surface area contributed by atoms with E-state index in [9.17, 15) is 10.0 Å². The number of nitrogens with zero attached hydrogens (tertiary/aromatic N) is 3. The lowest BCUT2D eigenvalue weighted by Crippen LogP contribution is -2.34. The lowest BCUT2D eigenvalue weighted by Gasteiger charge is -2.08. The Bertz CT molecular complexity index is 663. The van der Waals surface area contributed by atoms with Crippen LogP contribution in [-0.4, -0.2) is 29.2 Å². The molecule has 1 N–H and O–H groups in total. The molecular formula is C13H15BrN4O3. The van der Waals surface area contributed by atoms with Gasteiger partial charge in [-0.25, -0.2) is 4.98 Å². The van der Waals surface area contributed by atoms with Gasteiger partial charge in [0.15, 0.2) is 0 Å². The summed E-state index contributed by atoms with van der Waals surface area (Å²) < 4.78 is 5.84. The van der Waals surface area contributed by atoms with Gasteiger partial charge in [-0.1, -0.05) is 29.8 Å². The van der Waals surface area contributed by atoms with Gasteiger partial charge < -0.3 is 15.3 Å². The molecular weight excluding hydrogens is 340 g/mol. The quantitative estimate of drug-likeness (QED) is 0.379. The number of anilines is 1. The Kier molecular flexibility index (Phi) is 4.89. The molecule has 21 heavy (non-hydrogen) atoms. The molecule has 1 heterocycles. The number of ether oxygens (including phenoxy) is 1. The van der Waals surface area contributed by atoms with Crippen molar-refractivity contribution in [1.82, 2.24) is 10.1 Å². The predicted molar refractivity (Wildman–Crippen MR) is 80.5 cm³/mol. The largest absolute Gasteiger partial charge is 0.594 e. The molecule has 112 valence electrons. The lowest BCUT2D eigenvalue weighted by molar-refractivity contribution is -0.641. The summed E-state index contributed by atoms with van der Waals surface area (Å²) in [6.45, 7) is 4.05. The van der Waals surface area contributed by atoms with Gasteiger partial charge in [0.25, 0.3) is 11.5 Å². The van der Waals surface area contributed by atoms with Crippen molar-refractivity contribution in [2.75, 3.05) is 18.5 Å². The van der Waals surface area contributed by atoms with E-state index in [1.54, 1.807) is 32.0 Å². The fourth-order valence-corrected chi connectivity index (χ4v) is 1.93. The molecule has 2 aromatic rings. The number of hydrogen-bond donors (Lipinski definition) is 1. The maximum Gasteiger partial charge on any atom is 0.308 e.